The molecular weight excluding hydrogens is 473 g/mol. The molecule has 0 saturated heterocycles. The summed E-state index contributed by atoms with van der Waals surface area (Å²) in [4.78, 5) is 14.5. The first-order chi connectivity index (χ1) is 15.7. The second kappa shape index (κ2) is 11.9. The SMILES string of the molecule is COc1ccccc1CNc1nc(NC2CCC(N)CC2)nc2c1ncn2C1CCCC1.Cl.Cl. The van der Waals surface area contributed by atoms with Gasteiger partial charge >= 0.3 is 0 Å². The molecule has 2 aliphatic carbocycles. The smallest absolute Gasteiger partial charge is 0.227 e. The summed E-state index contributed by atoms with van der Waals surface area (Å²) in [5, 5.41) is 7.08. The molecule has 34 heavy (non-hydrogen) atoms. The van der Waals surface area contributed by atoms with Crippen LogP contribution in [-0.4, -0.2) is 38.7 Å². The Morgan fingerprint density at radius 3 is 2.50 bits per heavy atom. The third-order valence-corrected chi connectivity index (χ3v) is 6.88. The average molecular weight is 508 g/mol. The van der Waals surface area contributed by atoms with Crippen LogP contribution in [-0.2, 0) is 6.54 Å². The largest absolute Gasteiger partial charge is 0.496 e. The number of aromatic nitrogens is 4. The first-order valence-corrected chi connectivity index (χ1v) is 11.8. The highest BCUT2D eigenvalue weighted by Gasteiger charge is 2.24. The molecule has 186 valence electrons. The van der Waals surface area contributed by atoms with E-state index in [4.69, 9.17) is 25.4 Å². The number of hydrogen-bond acceptors (Lipinski definition) is 7. The van der Waals surface area contributed by atoms with E-state index >= 15 is 0 Å². The molecule has 4 N–H and O–H groups in total. The van der Waals surface area contributed by atoms with Crippen molar-refractivity contribution in [2.24, 2.45) is 5.73 Å². The number of para-hydroxylation sites is 1. The molecule has 0 atom stereocenters. The van der Waals surface area contributed by atoms with Crippen molar-refractivity contribution < 1.29 is 4.74 Å². The summed E-state index contributed by atoms with van der Waals surface area (Å²) in [5.74, 6) is 2.28. The molecule has 3 aromatic rings. The number of benzene rings is 1. The number of nitrogens with one attached hydrogen (secondary N) is 2. The lowest BCUT2D eigenvalue weighted by Gasteiger charge is -2.27. The molecule has 1 aromatic carbocycles. The van der Waals surface area contributed by atoms with Gasteiger partial charge in [-0.25, -0.2) is 4.98 Å². The van der Waals surface area contributed by atoms with Crippen LogP contribution in [0.3, 0.4) is 0 Å². The zero-order chi connectivity index (χ0) is 21.9. The zero-order valence-electron chi connectivity index (χ0n) is 19.6. The monoisotopic (exact) mass is 507 g/mol. The first kappa shape index (κ1) is 26.3. The van der Waals surface area contributed by atoms with Crippen LogP contribution in [0.4, 0.5) is 11.8 Å². The molecular formula is C24H35Cl2N7O. The van der Waals surface area contributed by atoms with E-state index in [0.717, 1.165) is 54.0 Å². The number of nitrogens with two attached hydrogens (primary N) is 1. The summed E-state index contributed by atoms with van der Waals surface area (Å²) >= 11 is 0. The average Bonchev–Trinajstić information content (AvgIpc) is 3.49. The minimum atomic E-state index is 0. The molecule has 0 spiro atoms. The summed E-state index contributed by atoms with van der Waals surface area (Å²) in [6.45, 7) is 0.601. The van der Waals surface area contributed by atoms with Gasteiger partial charge in [-0.15, -0.1) is 24.8 Å². The van der Waals surface area contributed by atoms with Gasteiger partial charge in [0, 0.05) is 30.2 Å². The Labute approximate surface area is 213 Å². The molecule has 8 nitrogen and oxygen atoms in total. The highest BCUT2D eigenvalue weighted by Crippen LogP contribution is 2.33. The van der Waals surface area contributed by atoms with Gasteiger partial charge in [0.15, 0.2) is 17.0 Å². The predicted octanol–water partition coefficient (Wildman–Crippen LogP) is 5.09. The van der Waals surface area contributed by atoms with Crippen molar-refractivity contribution in [3.05, 3.63) is 36.2 Å². The summed E-state index contributed by atoms with van der Waals surface area (Å²) < 4.78 is 7.76. The Hall–Kier alpha value is -2.29. The van der Waals surface area contributed by atoms with Crippen LogP contribution in [0.15, 0.2) is 30.6 Å². The highest BCUT2D eigenvalue weighted by atomic mass is 35.5. The number of rotatable bonds is 7. The van der Waals surface area contributed by atoms with Crippen molar-refractivity contribution in [2.45, 2.75) is 76.0 Å². The molecule has 2 fully saturated rings. The molecule has 2 aromatic heterocycles. The first-order valence-electron chi connectivity index (χ1n) is 11.8. The van der Waals surface area contributed by atoms with Gasteiger partial charge in [0.2, 0.25) is 5.95 Å². The standard InChI is InChI=1S/C24H33N7O.2ClH/c1-32-20-9-5-2-6-16(20)14-26-22-21-23(31(15-27-21)19-7-3-4-8-19)30-24(29-22)28-18-12-10-17(25)11-13-18;;/h2,5-6,9,15,17-19H,3-4,7-8,10-14,25H2,1H3,(H2,26,28,29,30);2*1H. The van der Waals surface area contributed by atoms with E-state index in [0.29, 0.717) is 30.6 Å². The second-order valence-corrected chi connectivity index (χ2v) is 9.08. The van der Waals surface area contributed by atoms with Crippen LogP contribution in [0.5, 0.6) is 5.75 Å². The number of nitrogens with zero attached hydrogens (tertiary/aromatic N) is 4. The molecule has 0 aliphatic heterocycles. The topological polar surface area (TPSA) is 103 Å². The van der Waals surface area contributed by atoms with Gasteiger partial charge in [-0.1, -0.05) is 31.0 Å². The van der Waals surface area contributed by atoms with Crippen LogP contribution in [0, 0.1) is 0 Å². The van der Waals surface area contributed by atoms with Crippen molar-refractivity contribution in [1.29, 1.82) is 0 Å². The lowest BCUT2D eigenvalue weighted by atomic mass is 9.92. The maximum Gasteiger partial charge on any atom is 0.227 e. The van der Waals surface area contributed by atoms with Gasteiger partial charge in [0.25, 0.3) is 0 Å². The van der Waals surface area contributed by atoms with Gasteiger partial charge in [-0.3, -0.25) is 0 Å². The van der Waals surface area contributed by atoms with Gasteiger partial charge in [0.1, 0.15) is 5.75 Å². The Bertz CT molecular complexity index is 1060. The quantitative estimate of drug-likeness (QED) is 0.409. The lowest BCUT2D eigenvalue weighted by Crippen LogP contribution is -2.33. The van der Waals surface area contributed by atoms with Crippen molar-refractivity contribution in [1.82, 2.24) is 19.5 Å². The normalized spacial score (nSPS) is 20.4. The fraction of sp³-hybridized carbons (Fsp3) is 0.542. The molecule has 0 radical (unpaired) electrons. The third kappa shape index (κ3) is 5.67. The minimum absolute atomic E-state index is 0. The maximum atomic E-state index is 6.09. The van der Waals surface area contributed by atoms with Gasteiger partial charge < -0.3 is 25.7 Å². The highest BCUT2D eigenvalue weighted by molar-refractivity contribution is 5.86. The zero-order valence-corrected chi connectivity index (χ0v) is 21.2. The number of fused-ring (bicyclic) bond motifs is 1. The summed E-state index contributed by atoms with van der Waals surface area (Å²) in [6, 6.07) is 9.18. The van der Waals surface area contributed by atoms with Gasteiger partial charge in [-0.2, -0.15) is 9.97 Å². The number of halogens is 2. The molecule has 10 heteroatoms. The second-order valence-electron chi connectivity index (χ2n) is 9.08. The van der Waals surface area contributed by atoms with Crippen molar-refractivity contribution in [3.8, 4) is 5.75 Å². The molecule has 5 rings (SSSR count). The van der Waals surface area contributed by atoms with E-state index in [1.54, 1.807) is 7.11 Å². The number of imidazole rings is 1. The molecule has 2 saturated carbocycles. The van der Waals surface area contributed by atoms with Crippen molar-refractivity contribution in [2.75, 3.05) is 17.7 Å². The van der Waals surface area contributed by atoms with Crippen LogP contribution in [0.1, 0.15) is 63.0 Å². The molecule has 2 heterocycles. The van der Waals surface area contributed by atoms with Gasteiger partial charge in [-0.05, 0) is 44.6 Å². The van der Waals surface area contributed by atoms with Crippen molar-refractivity contribution >= 4 is 47.7 Å². The Balaban J connectivity index is 0.00000162. The van der Waals surface area contributed by atoms with E-state index in [2.05, 4.69) is 21.3 Å². The van der Waals surface area contributed by atoms with E-state index in [9.17, 15) is 0 Å². The summed E-state index contributed by atoms with van der Waals surface area (Å²) in [5.41, 5.74) is 8.90. The molecule has 2 aliphatic rings. The summed E-state index contributed by atoms with van der Waals surface area (Å²) in [6.07, 6.45) is 11.0. The maximum absolute atomic E-state index is 6.09. The molecule has 0 unspecified atom stereocenters. The van der Waals surface area contributed by atoms with Crippen LogP contribution in [0.2, 0.25) is 0 Å². The summed E-state index contributed by atoms with van der Waals surface area (Å²) in [7, 11) is 1.70. The van der Waals surface area contributed by atoms with Crippen LogP contribution >= 0.6 is 24.8 Å². The van der Waals surface area contributed by atoms with E-state index in [-0.39, 0.29) is 24.8 Å². The van der Waals surface area contributed by atoms with Gasteiger partial charge in [0.05, 0.1) is 13.4 Å². The Kier molecular flexibility index (Phi) is 9.22. The van der Waals surface area contributed by atoms with Crippen molar-refractivity contribution in [3.63, 3.8) is 0 Å². The van der Waals surface area contributed by atoms with E-state index in [1.165, 1.54) is 25.7 Å². The number of ether oxygens (including phenoxy) is 1. The van der Waals surface area contributed by atoms with Crippen LogP contribution in [0.25, 0.3) is 11.2 Å². The molecule has 0 bridgehead atoms. The van der Waals surface area contributed by atoms with E-state index in [1.807, 2.05) is 24.5 Å². The number of methoxy groups -OCH3 is 1. The molecule has 0 amide bonds. The van der Waals surface area contributed by atoms with Crippen LogP contribution < -0.4 is 21.1 Å². The predicted molar refractivity (Wildman–Crippen MR) is 141 cm³/mol. The van der Waals surface area contributed by atoms with E-state index < -0.39 is 0 Å². The Morgan fingerprint density at radius 2 is 1.76 bits per heavy atom. The fourth-order valence-corrected chi connectivity index (χ4v) is 5.03. The third-order valence-electron chi connectivity index (χ3n) is 6.88. The fourth-order valence-electron chi connectivity index (χ4n) is 5.03. The minimum Gasteiger partial charge on any atom is -0.496 e. The Morgan fingerprint density at radius 1 is 1.03 bits per heavy atom. The number of hydrogen-bond donors (Lipinski definition) is 3. The number of anilines is 2. The lowest BCUT2D eigenvalue weighted by molar-refractivity contribution is 0.409.